The first-order valence-electron chi connectivity index (χ1n) is 5.62. The predicted molar refractivity (Wildman–Crippen MR) is 67.8 cm³/mol. The van der Waals surface area contributed by atoms with Gasteiger partial charge in [0.25, 0.3) is 0 Å². The first-order valence-corrected chi connectivity index (χ1v) is 5.62. The van der Waals surface area contributed by atoms with Crippen LogP contribution >= 0.6 is 0 Å². The fourth-order valence-electron chi connectivity index (χ4n) is 1.66. The van der Waals surface area contributed by atoms with Gasteiger partial charge in [-0.15, -0.1) is 0 Å². The molecule has 0 spiro atoms. The van der Waals surface area contributed by atoms with Crippen molar-refractivity contribution in [3.05, 3.63) is 34.4 Å². The van der Waals surface area contributed by atoms with E-state index in [2.05, 4.69) is 13.0 Å². The molecule has 1 aromatic rings. The summed E-state index contributed by atoms with van der Waals surface area (Å²) in [5, 5.41) is 0. The van der Waals surface area contributed by atoms with Crippen molar-refractivity contribution in [2.45, 2.75) is 34.6 Å². The largest absolute Gasteiger partial charge is 0.329 e. The van der Waals surface area contributed by atoms with Crippen LogP contribution in [0, 0.1) is 26.2 Å². The highest BCUT2D eigenvalue weighted by Crippen LogP contribution is 2.24. The van der Waals surface area contributed by atoms with Crippen molar-refractivity contribution >= 4 is 5.78 Å². The quantitative estimate of drug-likeness (QED) is 0.794. The van der Waals surface area contributed by atoms with Crippen LogP contribution in [0.2, 0.25) is 0 Å². The molecule has 0 atom stereocenters. The zero-order chi connectivity index (χ0) is 12.5. The number of benzene rings is 1. The number of carbonyl (C=O) groups is 1. The van der Waals surface area contributed by atoms with Gasteiger partial charge in [0.1, 0.15) is 0 Å². The molecule has 0 unspecified atom stereocenters. The van der Waals surface area contributed by atoms with E-state index in [9.17, 15) is 4.79 Å². The van der Waals surface area contributed by atoms with E-state index in [-0.39, 0.29) is 5.78 Å². The molecule has 2 heteroatoms. The van der Waals surface area contributed by atoms with Crippen LogP contribution in [0.15, 0.2) is 12.1 Å². The van der Waals surface area contributed by atoms with Crippen molar-refractivity contribution in [3.8, 4) is 0 Å². The van der Waals surface area contributed by atoms with E-state index >= 15 is 0 Å². The third-order valence-corrected chi connectivity index (χ3v) is 3.21. The predicted octanol–water partition coefficient (Wildman–Crippen LogP) is 2.78. The minimum atomic E-state index is -0.480. The smallest absolute Gasteiger partial charge is 0.169 e. The molecule has 0 aliphatic carbocycles. The van der Waals surface area contributed by atoms with Crippen LogP contribution in [0.3, 0.4) is 0 Å². The van der Waals surface area contributed by atoms with Crippen molar-refractivity contribution in [2.75, 3.05) is 6.54 Å². The number of ketones is 1. The second kappa shape index (κ2) is 4.38. The van der Waals surface area contributed by atoms with Crippen molar-refractivity contribution in [1.29, 1.82) is 0 Å². The molecule has 0 radical (unpaired) electrons. The Bertz CT molecular complexity index is 419. The minimum Gasteiger partial charge on any atom is -0.329 e. The van der Waals surface area contributed by atoms with Gasteiger partial charge in [0.05, 0.1) is 0 Å². The molecule has 2 N–H and O–H groups in total. The monoisotopic (exact) mass is 219 g/mol. The summed E-state index contributed by atoms with van der Waals surface area (Å²) in [6, 6.07) is 4.04. The van der Waals surface area contributed by atoms with E-state index in [1.807, 2.05) is 33.8 Å². The lowest BCUT2D eigenvalue weighted by Gasteiger charge is -2.22. The number of aryl methyl sites for hydroxylation is 3. The lowest BCUT2D eigenvalue weighted by molar-refractivity contribution is 0.0847. The molecular weight excluding hydrogens is 198 g/mol. The van der Waals surface area contributed by atoms with Gasteiger partial charge in [-0.2, -0.15) is 0 Å². The van der Waals surface area contributed by atoms with Crippen LogP contribution in [0.25, 0.3) is 0 Å². The van der Waals surface area contributed by atoms with Crippen molar-refractivity contribution in [2.24, 2.45) is 11.1 Å². The van der Waals surface area contributed by atoms with Crippen LogP contribution in [-0.4, -0.2) is 12.3 Å². The Morgan fingerprint density at radius 2 is 1.62 bits per heavy atom. The van der Waals surface area contributed by atoms with Gasteiger partial charge in [-0.3, -0.25) is 4.79 Å². The third-order valence-electron chi connectivity index (χ3n) is 3.21. The Morgan fingerprint density at radius 1 is 1.12 bits per heavy atom. The molecule has 0 heterocycles. The van der Waals surface area contributed by atoms with Crippen LogP contribution in [-0.2, 0) is 0 Å². The van der Waals surface area contributed by atoms with Gasteiger partial charge in [0.2, 0.25) is 0 Å². The molecule has 0 aromatic heterocycles. The maximum Gasteiger partial charge on any atom is 0.169 e. The maximum absolute atomic E-state index is 12.3. The molecule has 2 nitrogen and oxygen atoms in total. The molecule has 0 fully saturated rings. The van der Waals surface area contributed by atoms with E-state index in [1.54, 1.807) is 0 Å². The summed E-state index contributed by atoms with van der Waals surface area (Å²) in [5.74, 6) is 0.135. The summed E-state index contributed by atoms with van der Waals surface area (Å²) < 4.78 is 0. The highest BCUT2D eigenvalue weighted by Gasteiger charge is 2.28. The topological polar surface area (TPSA) is 43.1 Å². The molecule has 0 aliphatic rings. The first-order chi connectivity index (χ1) is 7.29. The molecule has 1 rings (SSSR count). The Hall–Kier alpha value is -1.15. The number of Topliss-reactive ketones (excluding diaryl/α,β-unsaturated/α-hetero) is 1. The van der Waals surface area contributed by atoms with Crippen LogP contribution in [0.1, 0.15) is 40.9 Å². The molecule has 0 aliphatic heterocycles. The third kappa shape index (κ3) is 2.33. The summed E-state index contributed by atoms with van der Waals surface area (Å²) in [5.41, 5.74) is 9.38. The Balaban J connectivity index is 3.25. The van der Waals surface area contributed by atoms with Gasteiger partial charge < -0.3 is 5.73 Å². The van der Waals surface area contributed by atoms with E-state index in [0.717, 1.165) is 16.7 Å². The van der Waals surface area contributed by atoms with Gasteiger partial charge in [-0.05, 0) is 43.5 Å². The number of hydrogen-bond donors (Lipinski definition) is 1. The van der Waals surface area contributed by atoms with E-state index in [0.29, 0.717) is 6.54 Å². The lowest BCUT2D eigenvalue weighted by Crippen LogP contribution is -2.33. The van der Waals surface area contributed by atoms with Crippen molar-refractivity contribution in [3.63, 3.8) is 0 Å². The zero-order valence-electron chi connectivity index (χ0n) is 10.8. The summed E-state index contributed by atoms with van der Waals surface area (Å²) in [6.45, 7) is 10.2. The van der Waals surface area contributed by atoms with Crippen LogP contribution < -0.4 is 5.73 Å². The van der Waals surface area contributed by atoms with Gasteiger partial charge in [0, 0.05) is 17.5 Å². The first kappa shape index (κ1) is 12.9. The standard InChI is InChI=1S/C14H21NO/c1-9-6-11(3)12(7-10(9)2)13(16)14(4,5)8-15/h6-7H,8,15H2,1-5H3. The molecule has 16 heavy (non-hydrogen) atoms. The minimum absolute atomic E-state index is 0.135. The zero-order valence-corrected chi connectivity index (χ0v) is 10.8. The van der Waals surface area contributed by atoms with Gasteiger partial charge in [0.15, 0.2) is 5.78 Å². The molecule has 88 valence electrons. The maximum atomic E-state index is 12.3. The molecular formula is C14H21NO. The Kier molecular flexibility index (Phi) is 3.54. The van der Waals surface area contributed by atoms with Crippen molar-refractivity contribution < 1.29 is 4.79 Å². The highest BCUT2D eigenvalue weighted by molar-refractivity contribution is 6.01. The second-order valence-corrected chi connectivity index (χ2v) is 5.17. The molecule has 0 bridgehead atoms. The van der Waals surface area contributed by atoms with Gasteiger partial charge in [-0.25, -0.2) is 0 Å². The Morgan fingerprint density at radius 3 is 2.12 bits per heavy atom. The highest BCUT2D eigenvalue weighted by atomic mass is 16.1. The summed E-state index contributed by atoms with van der Waals surface area (Å²) in [6.07, 6.45) is 0. The van der Waals surface area contributed by atoms with Crippen molar-refractivity contribution in [1.82, 2.24) is 0 Å². The normalized spacial score (nSPS) is 11.6. The van der Waals surface area contributed by atoms with Crippen LogP contribution in [0.5, 0.6) is 0 Å². The fraction of sp³-hybridized carbons (Fsp3) is 0.500. The molecule has 0 amide bonds. The summed E-state index contributed by atoms with van der Waals surface area (Å²) in [7, 11) is 0. The Labute approximate surface area is 97.9 Å². The summed E-state index contributed by atoms with van der Waals surface area (Å²) in [4.78, 5) is 12.3. The number of nitrogens with two attached hydrogens (primary N) is 1. The van der Waals surface area contributed by atoms with E-state index in [1.165, 1.54) is 5.56 Å². The van der Waals surface area contributed by atoms with Crippen LogP contribution in [0.4, 0.5) is 0 Å². The summed E-state index contributed by atoms with van der Waals surface area (Å²) >= 11 is 0. The number of carbonyl (C=O) groups excluding carboxylic acids is 1. The number of rotatable bonds is 3. The second-order valence-electron chi connectivity index (χ2n) is 5.17. The molecule has 0 saturated carbocycles. The molecule has 1 aromatic carbocycles. The number of hydrogen-bond acceptors (Lipinski definition) is 2. The fourth-order valence-corrected chi connectivity index (χ4v) is 1.66. The van der Waals surface area contributed by atoms with Gasteiger partial charge >= 0.3 is 0 Å². The van der Waals surface area contributed by atoms with E-state index in [4.69, 9.17) is 5.73 Å². The van der Waals surface area contributed by atoms with E-state index < -0.39 is 5.41 Å². The lowest BCUT2D eigenvalue weighted by atomic mass is 9.82. The average molecular weight is 219 g/mol. The SMILES string of the molecule is Cc1cc(C)c(C(=O)C(C)(C)CN)cc1C. The average Bonchev–Trinajstić information content (AvgIpc) is 2.22. The van der Waals surface area contributed by atoms with Gasteiger partial charge in [-0.1, -0.05) is 19.9 Å². The molecule has 0 saturated heterocycles.